The summed E-state index contributed by atoms with van der Waals surface area (Å²) in [5.41, 5.74) is 0.385. The van der Waals surface area contributed by atoms with E-state index >= 15 is 4.39 Å². The van der Waals surface area contributed by atoms with Gasteiger partial charge in [-0.05, 0) is 75.1 Å². The minimum atomic E-state index is -0.560. The molecule has 7 rings (SSSR count). The monoisotopic (exact) mass is 647 g/mol. The van der Waals surface area contributed by atoms with Crippen LogP contribution in [0.5, 0.6) is 11.8 Å². The molecule has 46 heavy (non-hydrogen) atoms. The van der Waals surface area contributed by atoms with E-state index in [-0.39, 0.29) is 45.0 Å². The summed E-state index contributed by atoms with van der Waals surface area (Å²) >= 11 is 6.90. The number of hydrogen-bond acceptors (Lipinski definition) is 8. The fraction of sp³-hybridized carbons (Fsp3) is 0.500. The van der Waals surface area contributed by atoms with E-state index in [1.165, 1.54) is 0 Å². The van der Waals surface area contributed by atoms with Crippen molar-refractivity contribution in [3.05, 3.63) is 53.3 Å². The third kappa shape index (κ3) is 6.22. The number of phenolic OH excluding ortho intramolecular Hbond substituents is 1. The van der Waals surface area contributed by atoms with Crippen LogP contribution in [-0.2, 0) is 4.74 Å². The number of nitrogens with zero attached hydrogens (tertiary/aromatic N) is 4. The Morgan fingerprint density at radius 1 is 1.04 bits per heavy atom. The van der Waals surface area contributed by atoms with Crippen molar-refractivity contribution in [2.75, 3.05) is 44.2 Å². The zero-order chi connectivity index (χ0) is 32.4. The van der Waals surface area contributed by atoms with Crippen LogP contribution in [0.4, 0.5) is 10.2 Å². The van der Waals surface area contributed by atoms with Gasteiger partial charge in [-0.1, -0.05) is 42.8 Å². The number of aromatic hydroxyl groups is 1. The number of aromatic nitrogens is 2. The van der Waals surface area contributed by atoms with Crippen LogP contribution in [0.15, 0.2) is 42.5 Å². The van der Waals surface area contributed by atoms with Gasteiger partial charge in [-0.15, -0.1) is 0 Å². The Labute approximate surface area is 274 Å². The third-order valence-electron chi connectivity index (χ3n) is 9.30. The SMILES string of the molecule is C[C@@H](COc1nc(N2CC3CCC(C2)N3)c2cc(Cl)c(-c3cc(O)cc4ccccc34)c(F)c2n1)CN1CC(C)(C)OC(C)(C)C1. The second-order valence-corrected chi connectivity index (χ2v) is 15.1. The molecule has 0 saturated carbocycles. The van der Waals surface area contributed by atoms with Crippen molar-refractivity contribution in [1.82, 2.24) is 20.2 Å². The highest BCUT2D eigenvalue weighted by Crippen LogP contribution is 2.43. The van der Waals surface area contributed by atoms with Crippen molar-refractivity contribution in [2.24, 2.45) is 5.92 Å². The Kier molecular flexibility index (Phi) is 8.03. The molecule has 8 nitrogen and oxygen atoms in total. The Morgan fingerprint density at radius 3 is 2.46 bits per heavy atom. The molecule has 4 aromatic rings. The van der Waals surface area contributed by atoms with Gasteiger partial charge in [0, 0.05) is 61.7 Å². The molecule has 0 radical (unpaired) electrons. The number of morpholine rings is 1. The summed E-state index contributed by atoms with van der Waals surface area (Å²) in [4.78, 5) is 14.2. The molecular weight excluding hydrogens is 605 g/mol. The largest absolute Gasteiger partial charge is 0.508 e. The van der Waals surface area contributed by atoms with Crippen molar-refractivity contribution < 1.29 is 19.0 Å². The van der Waals surface area contributed by atoms with Gasteiger partial charge in [0.05, 0.1) is 22.8 Å². The molecule has 2 bridgehead atoms. The molecule has 3 fully saturated rings. The van der Waals surface area contributed by atoms with Gasteiger partial charge in [0.2, 0.25) is 0 Å². The smallest absolute Gasteiger partial charge is 0.319 e. The lowest BCUT2D eigenvalue weighted by molar-refractivity contribution is -0.182. The van der Waals surface area contributed by atoms with E-state index in [9.17, 15) is 5.11 Å². The highest BCUT2D eigenvalue weighted by molar-refractivity contribution is 6.35. The molecule has 0 spiro atoms. The van der Waals surface area contributed by atoms with E-state index in [4.69, 9.17) is 26.1 Å². The summed E-state index contributed by atoms with van der Waals surface area (Å²) in [6.45, 7) is 15.1. The van der Waals surface area contributed by atoms with Crippen LogP contribution < -0.4 is 15.0 Å². The predicted molar refractivity (Wildman–Crippen MR) is 182 cm³/mol. The van der Waals surface area contributed by atoms with E-state index in [2.05, 4.69) is 54.7 Å². The average Bonchev–Trinajstić information content (AvgIpc) is 3.31. The number of fused-ring (bicyclic) bond motifs is 4. The first kappa shape index (κ1) is 31.4. The van der Waals surface area contributed by atoms with E-state index in [0.717, 1.165) is 56.3 Å². The molecule has 3 aliphatic heterocycles. The van der Waals surface area contributed by atoms with Gasteiger partial charge in [0.15, 0.2) is 5.82 Å². The van der Waals surface area contributed by atoms with Crippen molar-refractivity contribution >= 4 is 39.1 Å². The minimum Gasteiger partial charge on any atom is -0.508 e. The van der Waals surface area contributed by atoms with Gasteiger partial charge >= 0.3 is 6.01 Å². The van der Waals surface area contributed by atoms with Crippen molar-refractivity contribution in [2.45, 2.75) is 70.7 Å². The van der Waals surface area contributed by atoms with Crippen LogP contribution in [0.25, 0.3) is 32.8 Å². The van der Waals surface area contributed by atoms with Gasteiger partial charge in [-0.2, -0.15) is 9.97 Å². The van der Waals surface area contributed by atoms with Crippen LogP contribution in [0.2, 0.25) is 5.02 Å². The Hall–Kier alpha value is -3.24. The molecular formula is C36H43ClFN5O3. The number of rotatable bonds is 7. The molecule has 0 amide bonds. The first-order valence-electron chi connectivity index (χ1n) is 16.3. The maximum Gasteiger partial charge on any atom is 0.319 e. The molecule has 4 heterocycles. The first-order chi connectivity index (χ1) is 21.8. The fourth-order valence-corrected chi connectivity index (χ4v) is 8.26. The zero-order valence-electron chi connectivity index (χ0n) is 27.2. The Morgan fingerprint density at radius 2 is 1.74 bits per heavy atom. The summed E-state index contributed by atoms with van der Waals surface area (Å²) in [7, 11) is 0. The lowest BCUT2D eigenvalue weighted by Gasteiger charge is -2.47. The molecule has 2 unspecified atom stereocenters. The van der Waals surface area contributed by atoms with Crippen LogP contribution in [0, 0.1) is 11.7 Å². The molecule has 2 N–H and O–H groups in total. The maximum absolute atomic E-state index is 16.9. The highest BCUT2D eigenvalue weighted by atomic mass is 35.5. The van der Waals surface area contributed by atoms with Crippen molar-refractivity contribution in [3.8, 4) is 22.9 Å². The zero-order valence-corrected chi connectivity index (χ0v) is 28.0. The summed E-state index contributed by atoms with van der Waals surface area (Å²) < 4.78 is 29.4. The number of halogens is 2. The lowest BCUT2D eigenvalue weighted by atomic mass is 9.96. The quantitative estimate of drug-likeness (QED) is 0.227. The number of benzene rings is 3. The van der Waals surface area contributed by atoms with E-state index in [1.807, 2.05) is 24.3 Å². The second kappa shape index (κ2) is 11.8. The molecule has 3 saturated heterocycles. The van der Waals surface area contributed by atoms with Crippen LogP contribution in [0.1, 0.15) is 47.5 Å². The topological polar surface area (TPSA) is 83.0 Å². The van der Waals surface area contributed by atoms with Gasteiger partial charge in [-0.3, -0.25) is 4.90 Å². The van der Waals surface area contributed by atoms with Gasteiger partial charge in [0.25, 0.3) is 0 Å². The lowest BCUT2D eigenvalue weighted by Crippen LogP contribution is -2.58. The first-order valence-corrected chi connectivity index (χ1v) is 16.7. The molecule has 3 aromatic carbocycles. The number of phenols is 1. The molecule has 10 heteroatoms. The summed E-state index contributed by atoms with van der Waals surface area (Å²) in [6, 6.07) is 13.4. The molecule has 3 atom stereocenters. The van der Waals surface area contributed by atoms with Crippen LogP contribution in [0.3, 0.4) is 0 Å². The highest BCUT2D eigenvalue weighted by Gasteiger charge is 2.38. The standard InChI is InChI=1S/C36H43ClFN5O3/c1-21(15-42-19-35(2,3)46-36(4,5)20-42)18-45-34-40-32-28(33(41-34)43-16-23-10-11-24(17-43)39-23)14-29(37)30(31(32)38)27-13-25(44)12-22-8-6-7-9-26(22)27/h6-9,12-14,21,23-24,39,44H,10-11,15-20H2,1-5H3/t21-,23?,24?/m1/s1. The summed E-state index contributed by atoms with van der Waals surface area (Å²) in [5.74, 6) is 0.285. The minimum absolute atomic E-state index is 0.0361. The third-order valence-corrected chi connectivity index (χ3v) is 9.60. The van der Waals surface area contributed by atoms with E-state index < -0.39 is 5.82 Å². The molecule has 244 valence electrons. The van der Waals surface area contributed by atoms with E-state index in [0.29, 0.717) is 35.5 Å². The van der Waals surface area contributed by atoms with E-state index in [1.54, 1.807) is 18.2 Å². The maximum atomic E-state index is 16.9. The number of piperazine rings is 1. The van der Waals surface area contributed by atoms with Gasteiger partial charge in [-0.25, -0.2) is 4.39 Å². The van der Waals surface area contributed by atoms with Gasteiger partial charge in [0.1, 0.15) is 17.1 Å². The number of ether oxygens (including phenoxy) is 2. The van der Waals surface area contributed by atoms with Gasteiger partial charge < -0.3 is 24.8 Å². The summed E-state index contributed by atoms with van der Waals surface area (Å²) in [5, 5.41) is 16.6. The van der Waals surface area contributed by atoms with Crippen molar-refractivity contribution in [1.29, 1.82) is 0 Å². The molecule has 1 aromatic heterocycles. The normalized spacial score (nSPS) is 23.2. The van der Waals surface area contributed by atoms with Crippen LogP contribution >= 0.6 is 11.6 Å². The number of nitrogens with one attached hydrogen (secondary N) is 1. The van der Waals surface area contributed by atoms with Crippen molar-refractivity contribution in [3.63, 3.8) is 0 Å². The number of anilines is 1. The van der Waals surface area contributed by atoms with Crippen LogP contribution in [-0.4, -0.2) is 82.6 Å². The number of hydrogen-bond donors (Lipinski definition) is 2. The average molecular weight is 648 g/mol. The Bertz CT molecular complexity index is 1770. The summed E-state index contributed by atoms with van der Waals surface area (Å²) in [6.07, 6.45) is 2.20. The molecule has 3 aliphatic rings. The fourth-order valence-electron chi connectivity index (χ4n) is 7.97. The molecule has 0 aliphatic carbocycles. The Balaban J connectivity index is 1.26. The second-order valence-electron chi connectivity index (χ2n) is 14.7. The predicted octanol–water partition coefficient (Wildman–Crippen LogP) is 6.79.